The molecule has 0 spiro atoms. The summed E-state index contributed by atoms with van der Waals surface area (Å²) in [6, 6.07) is 0. The summed E-state index contributed by atoms with van der Waals surface area (Å²) < 4.78 is 1.28. The third kappa shape index (κ3) is 2.20. The maximum Gasteiger partial charge on any atom is 0.320 e. The van der Waals surface area contributed by atoms with Crippen molar-refractivity contribution in [1.29, 1.82) is 0 Å². The first kappa shape index (κ1) is 12.5. The second-order valence-electron chi connectivity index (χ2n) is 4.76. The first-order valence-corrected chi connectivity index (χ1v) is 5.96. The fourth-order valence-electron chi connectivity index (χ4n) is 2.33. The number of nitrogens with zero attached hydrogens (tertiary/aromatic N) is 4. The Kier molecular flexibility index (Phi) is 3.31. The maximum absolute atomic E-state index is 12.3. The summed E-state index contributed by atoms with van der Waals surface area (Å²) in [5.74, 6) is 0.142. The molecule has 0 aromatic carbocycles. The highest BCUT2D eigenvalue weighted by atomic mass is 16.6. The number of carbonyl (C=O) groups is 1. The summed E-state index contributed by atoms with van der Waals surface area (Å²) in [6.45, 7) is 3.39. The van der Waals surface area contributed by atoms with Crippen LogP contribution in [0.3, 0.4) is 0 Å². The minimum absolute atomic E-state index is 0.0640. The van der Waals surface area contributed by atoms with Gasteiger partial charge in [-0.1, -0.05) is 6.92 Å². The first-order valence-electron chi connectivity index (χ1n) is 5.96. The molecule has 1 amide bonds. The van der Waals surface area contributed by atoms with E-state index in [1.165, 1.54) is 4.68 Å². The Bertz CT molecular complexity index is 483. The van der Waals surface area contributed by atoms with Crippen LogP contribution in [-0.4, -0.2) is 38.6 Å². The number of aryl methyl sites for hydroxylation is 1. The number of likely N-dealkylation sites (tertiary alicyclic amines) is 1. The van der Waals surface area contributed by atoms with E-state index < -0.39 is 4.92 Å². The molecule has 0 N–H and O–H groups in total. The smallest absolute Gasteiger partial charge is 0.320 e. The molecule has 98 valence electrons. The second-order valence-corrected chi connectivity index (χ2v) is 4.76. The fraction of sp³-hybridized carbons (Fsp3) is 0.636. The van der Waals surface area contributed by atoms with Gasteiger partial charge in [0.1, 0.15) is 6.20 Å². The van der Waals surface area contributed by atoms with E-state index in [4.69, 9.17) is 0 Å². The monoisotopic (exact) mass is 252 g/mol. The highest BCUT2D eigenvalue weighted by Crippen LogP contribution is 2.22. The van der Waals surface area contributed by atoms with Crippen molar-refractivity contribution in [2.75, 3.05) is 13.1 Å². The number of nitro groups is 1. The molecule has 1 atom stereocenters. The lowest BCUT2D eigenvalue weighted by molar-refractivity contribution is -0.385. The molecule has 0 aliphatic carbocycles. The summed E-state index contributed by atoms with van der Waals surface area (Å²) in [6.07, 6.45) is 3.16. The van der Waals surface area contributed by atoms with Crippen LogP contribution in [0, 0.1) is 16.0 Å². The van der Waals surface area contributed by atoms with Gasteiger partial charge in [-0.2, -0.15) is 5.10 Å². The predicted octanol–water partition coefficient (Wildman–Crippen LogP) is 1.20. The summed E-state index contributed by atoms with van der Waals surface area (Å²) >= 11 is 0. The van der Waals surface area contributed by atoms with Crippen molar-refractivity contribution >= 4 is 11.6 Å². The lowest BCUT2D eigenvalue weighted by Gasteiger charge is -2.30. The molecule has 7 heteroatoms. The summed E-state index contributed by atoms with van der Waals surface area (Å²) in [5, 5.41) is 14.7. The van der Waals surface area contributed by atoms with E-state index in [-0.39, 0.29) is 17.3 Å². The van der Waals surface area contributed by atoms with E-state index in [1.807, 2.05) is 0 Å². The standard InChI is InChI=1S/C11H16N4O3/c1-8-4-3-5-14(7-8)11(16)10-9(15(17)18)6-12-13(10)2/h6,8H,3-5,7H2,1-2H3. The first-order chi connectivity index (χ1) is 8.50. The Morgan fingerprint density at radius 2 is 2.33 bits per heavy atom. The van der Waals surface area contributed by atoms with Crippen LogP contribution in [0.25, 0.3) is 0 Å². The van der Waals surface area contributed by atoms with Gasteiger partial charge in [-0.15, -0.1) is 0 Å². The van der Waals surface area contributed by atoms with Crippen LogP contribution < -0.4 is 0 Å². The highest BCUT2D eigenvalue weighted by Gasteiger charge is 2.31. The number of aromatic nitrogens is 2. The van der Waals surface area contributed by atoms with Crippen LogP contribution in [-0.2, 0) is 7.05 Å². The minimum Gasteiger partial charge on any atom is -0.337 e. The van der Waals surface area contributed by atoms with Crippen LogP contribution in [0.4, 0.5) is 5.69 Å². The van der Waals surface area contributed by atoms with Gasteiger partial charge in [-0.25, -0.2) is 0 Å². The van der Waals surface area contributed by atoms with Crippen molar-refractivity contribution in [2.45, 2.75) is 19.8 Å². The molecular weight excluding hydrogens is 236 g/mol. The molecule has 7 nitrogen and oxygen atoms in total. The van der Waals surface area contributed by atoms with E-state index in [0.717, 1.165) is 19.0 Å². The van der Waals surface area contributed by atoms with Gasteiger partial charge in [0.2, 0.25) is 5.69 Å². The molecule has 1 saturated heterocycles. The van der Waals surface area contributed by atoms with Crippen LogP contribution in [0.2, 0.25) is 0 Å². The van der Waals surface area contributed by atoms with E-state index in [1.54, 1.807) is 11.9 Å². The number of hydrogen-bond acceptors (Lipinski definition) is 4. The molecule has 1 aromatic rings. The normalized spacial score (nSPS) is 19.9. The average Bonchev–Trinajstić information content (AvgIpc) is 2.70. The van der Waals surface area contributed by atoms with E-state index in [0.29, 0.717) is 19.0 Å². The van der Waals surface area contributed by atoms with E-state index >= 15 is 0 Å². The Morgan fingerprint density at radius 3 is 2.94 bits per heavy atom. The largest absolute Gasteiger partial charge is 0.337 e. The average molecular weight is 252 g/mol. The van der Waals surface area contributed by atoms with Crippen molar-refractivity contribution in [2.24, 2.45) is 13.0 Å². The number of carbonyl (C=O) groups excluding carboxylic acids is 1. The zero-order valence-electron chi connectivity index (χ0n) is 10.5. The minimum atomic E-state index is -0.562. The molecule has 18 heavy (non-hydrogen) atoms. The van der Waals surface area contributed by atoms with Gasteiger partial charge < -0.3 is 4.90 Å². The molecule has 1 aliphatic rings. The Morgan fingerprint density at radius 1 is 1.61 bits per heavy atom. The molecule has 0 saturated carbocycles. The van der Waals surface area contributed by atoms with E-state index in [9.17, 15) is 14.9 Å². The van der Waals surface area contributed by atoms with Crippen molar-refractivity contribution in [3.05, 3.63) is 22.0 Å². The van der Waals surface area contributed by atoms with Gasteiger partial charge in [0.15, 0.2) is 0 Å². The van der Waals surface area contributed by atoms with Crippen LogP contribution in [0.1, 0.15) is 30.3 Å². The molecule has 2 heterocycles. The summed E-state index contributed by atoms with van der Waals surface area (Å²) in [4.78, 5) is 24.3. The van der Waals surface area contributed by atoms with Crippen molar-refractivity contribution in [1.82, 2.24) is 14.7 Å². The second kappa shape index (κ2) is 4.75. The van der Waals surface area contributed by atoms with Crippen LogP contribution >= 0.6 is 0 Å². The highest BCUT2D eigenvalue weighted by molar-refractivity contribution is 5.96. The predicted molar refractivity (Wildman–Crippen MR) is 64.2 cm³/mol. The molecule has 1 aromatic heterocycles. The summed E-state index contributed by atoms with van der Waals surface area (Å²) in [5.41, 5.74) is -0.158. The molecule has 1 aliphatic heterocycles. The zero-order valence-corrected chi connectivity index (χ0v) is 10.5. The Labute approximate surface area is 105 Å². The van der Waals surface area contributed by atoms with Crippen LogP contribution in [0.15, 0.2) is 6.20 Å². The van der Waals surface area contributed by atoms with Gasteiger partial charge >= 0.3 is 5.69 Å². The summed E-state index contributed by atoms with van der Waals surface area (Å²) in [7, 11) is 1.55. The van der Waals surface area contributed by atoms with Crippen LogP contribution in [0.5, 0.6) is 0 Å². The number of rotatable bonds is 2. The van der Waals surface area contributed by atoms with E-state index in [2.05, 4.69) is 12.0 Å². The molecular formula is C11H16N4O3. The van der Waals surface area contributed by atoms with Gasteiger partial charge in [0.05, 0.1) is 4.92 Å². The fourth-order valence-corrected chi connectivity index (χ4v) is 2.33. The number of piperidine rings is 1. The quantitative estimate of drug-likeness (QED) is 0.585. The molecule has 1 fully saturated rings. The molecule has 0 bridgehead atoms. The molecule has 0 radical (unpaired) electrons. The topological polar surface area (TPSA) is 81.3 Å². The van der Waals surface area contributed by atoms with Gasteiger partial charge in [0.25, 0.3) is 5.91 Å². The SMILES string of the molecule is CC1CCCN(C(=O)c2c([N+](=O)[O-])cnn2C)C1. The molecule has 2 rings (SSSR count). The van der Waals surface area contributed by atoms with Gasteiger partial charge in [0, 0.05) is 20.1 Å². The third-order valence-corrected chi connectivity index (χ3v) is 3.26. The third-order valence-electron chi connectivity index (χ3n) is 3.26. The van der Waals surface area contributed by atoms with Gasteiger partial charge in [-0.3, -0.25) is 19.6 Å². The number of hydrogen-bond donors (Lipinski definition) is 0. The van der Waals surface area contributed by atoms with Crippen molar-refractivity contribution in [3.63, 3.8) is 0 Å². The zero-order chi connectivity index (χ0) is 13.3. The van der Waals surface area contributed by atoms with Crippen molar-refractivity contribution < 1.29 is 9.72 Å². The lowest BCUT2D eigenvalue weighted by Crippen LogP contribution is -2.40. The number of amides is 1. The Balaban J connectivity index is 2.28. The molecule has 1 unspecified atom stereocenters. The van der Waals surface area contributed by atoms with Crippen molar-refractivity contribution in [3.8, 4) is 0 Å². The lowest BCUT2D eigenvalue weighted by atomic mass is 10.00. The maximum atomic E-state index is 12.3. The van der Waals surface area contributed by atoms with Gasteiger partial charge in [-0.05, 0) is 18.8 Å². The Hall–Kier alpha value is -1.92.